The summed E-state index contributed by atoms with van der Waals surface area (Å²) in [6.07, 6.45) is 1.34. The molecule has 0 aliphatic carbocycles. The highest BCUT2D eigenvalue weighted by atomic mass is 32.2. The Labute approximate surface area is 135 Å². The van der Waals surface area contributed by atoms with E-state index in [9.17, 15) is 19.2 Å². The minimum absolute atomic E-state index is 0.00309. The first-order valence-electron chi connectivity index (χ1n) is 6.56. The quantitative estimate of drug-likeness (QED) is 0.699. The molecule has 0 aromatic heterocycles. The molecule has 2 aliphatic heterocycles. The molecule has 2 aliphatic rings. The lowest BCUT2D eigenvalue weighted by Gasteiger charge is -2.11. The molecule has 0 aromatic rings. The number of hydrogen-bond acceptors (Lipinski definition) is 7. The second kappa shape index (κ2) is 8.09. The summed E-state index contributed by atoms with van der Waals surface area (Å²) in [6.45, 7) is 0. The molecule has 21 heavy (non-hydrogen) atoms. The Morgan fingerprint density at radius 3 is 1.71 bits per heavy atom. The highest BCUT2D eigenvalue weighted by Crippen LogP contribution is 2.20. The zero-order chi connectivity index (χ0) is 15.2. The normalized spacial score (nSPS) is 25.1. The molecule has 116 valence electrons. The van der Waals surface area contributed by atoms with Crippen LogP contribution in [-0.4, -0.2) is 57.1 Å². The van der Waals surface area contributed by atoms with Crippen LogP contribution < -0.4 is 10.6 Å². The predicted molar refractivity (Wildman–Crippen MR) is 85.4 cm³/mol. The minimum Gasteiger partial charge on any atom is -0.345 e. The number of amides is 2. The van der Waals surface area contributed by atoms with Crippen molar-refractivity contribution in [3.63, 3.8) is 0 Å². The van der Waals surface area contributed by atoms with E-state index in [1.54, 1.807) is 0 Å². The molecule has 9 heteroatoms. The van der Waals surface area contributed by atoms with Gasteiger partial charge in [-0.2, -0.15) is 0 Å². The van der Waals surface area contributed by atoms with Crippen molar-refractivity contribution in [3.8, 4) is 0 Å². The van der Waals surface area contributed by atoms with Gasteiger partial charge >= 0.3 is 0 Å². The minimum atomic E-state index is -0.384. The van der Waals surface area contributed by atoms with Crippen LogP contribution in [0.4, 0.5) is 0 Å². The molecule has 6 nitrogen and oxygen atoms in total. The van der Waals surface area contributed by atoms with Gasteiger partial charge in [0, 0.05) is 11.5 Å². The van der Waals surface area contributed by atoms with Gasteiger partial charge in [0.1, 0.15) is 0 Å². The maximum Gasteiger partial charge on any atom is 0.230 e. The molecule has 0 saturated carbocycles. The van der Waals surface area contributed by atoms with Gasteiger partial charge in [-0.15, -0.1) is 11.8 Å². The lowest BCUT2D eigenvalue weighted by atomic mass is 10.2. The number of hydrogen-bond donors (Lipinski definition) is 2. The van der Waals surface area contributed by atoms with Crippen molar-refractivity contribution in [1.82, 2.24) is 10.6 Å². The summed E-state index contributed by atoms with van der Waals surface area (Å²) in [6, 6.07) is -0.768. The third-order valence-electron chi connectivity index (χ3n) is 3.01. The molecule has 2 saturated heterocycles. The average Bonchev–Trinajstić information content (AvgIpc) is 3.00. The second-order valence-corrected chi connectivity index (χ2v) is 7.83. The molecule has 0 spiro atoms. The third-order valence-corrected chi connectivity index (χ3v) is 5.96. The summed E-state index contributed by atoms with van der Waals surface area (Å²) in [4.78, 5) is 46.0. The van der Waals surface area contributed by atoms with E-state index in [1.165, 1.54) is 35.3 Å². The molecule has 2 atom stereocenters. The lowest BCUT2D eigenvalue weighted by Crippen LogP contribution is -2.39. The Kier molecular flexibility index (Phi) is 6.43. The Morgan fingerprint density at radius 2 is 1.38 bits per heavy atom. The summed E-state index contributed by atoms with van der Waals surface area (Å²) < 4.78 is 0. The van der Waals surface area contributed by atoms with Gasteiger partial charge in [-0.25, -0.2) is 0 Å². The van der Waals surface area contributed by atoms with Gasteiger partial charge in [0.15, 0.2) is 0 Å². The monoisotopic (exact) mass is 348 g/mol. The van der Waals surface area contributed by atoms with Gasteiger partial charge in [0.2, 0.25) is 22.0 Å². The SMILES string of the molecule is O=C(CSCC(=O)N[C@H]1CCSC1=O)N[C@H]1CCSC1=O. The van der Waals surface area contributed by atoms with Crippen LogP contribution >= 0.6 is 35.3 Å². The van der Waals surface area contributed by atoms with Crippen LogP contribution in [-0.2, 0) is 19.2 Å². The lowest BCUT2D eigenvalue weighted by molar-refractivity contribution is -0.122. The van der Waals surface area contributed by atoms with E-state index in [2.05, 4.69) is 10.6 Å². The van der Waals surface area contributed by atoms with Crippen LogP contribution in [0.25, 0.3) is 0 Å². The number of rotatable bonds is 6. The van der Waals surface area contributed by atoms with Crippen LogP contribution in [0.2, 0.25) is 0 Å². The molecular formula is C12H16N2O4S3. The first-order valence-corrected chi connectivity index (χ1v) is 9.68. The molecule has 0 radical (unpaired) electrons. The van der Waals surface area contributed by atoms with Crippen LogP contribution in [0.15, 0.2) is 0 Å². The van der Waals surface area contributed by atoms with Crippen molar-refractivity contribution in [1.29, 1.82) is 0 Å². The fourth-order valence-corrected chi connectivity index (χ4v) is 4.47. The van der Waals surface area contributed by atoms with E-state index in [0.717, 1.165) is 11.5 Å². The maximum atomic E-state index is 11.6. The van der Waals surface area contributed by atoms with E-state index in [4.69, 9.17) is 0 Å². The molecule has 2 amide bonds. The van der Waals surface area contributed by atoms with Crippen LogP contribution in [0, 0.1) is 0 Å². The van der Waals surface area contributed by atoms with Gasteiger partial charge in [-0.3, -0.25) is 19.2 Å². The first-order chi connectivity index (χ1) is 10.1. The first kappa shape index (κ1) is 16.7. The van der Waals surface area contributed by atoms with E-state index in [-0.39, 0.29) is 45.6 Å². The van der Waals surface area contributed by atoms with Crippen LogP contribution in [0.1, 0.15) is 12.8 Å². The Morgan fingerprint density at radius 1 is 0.952 bits per heavy atom. The van der Waals surface area contributed by atoms with Crippen LogP contribution in [0.5, 0.6) is 0 Å². The zero-order valence-corrected chi connectivity index (χ0v) is 13.7. The predicted octanol–water partition coefficient (Wildman–Crippen LogP) is 0.0162. The van der Waals surface area contributed by atoms with Gasteiger partial charge in [-0.1, -0.05) is 23.5 Å². The highest BCUT2D eigenvalue weighted by molar-refractivity contribution is 8.14. The summed E-state index contributed by atoms with van der Waals surface area (Å²) in [7, 11) is 0. The van der Waals surface area contributed by atoms with E-state index in [0.29, 0.717) is 12.8 Å². The number of nitrogens with one attached hydrogen (secondary N) is 2. The molecule has 2 fully saturated rings. The van der Waals surface area contributed by atoms with Gasteiger partial charge in [-0.05, 0) is 12.8 Å². The molecule has 0 bridgehead atoms. The fourth-order valence-electron chi connectivity index (χ4n) is 1.96. The maximum absolute atomic E-state index is 11.6. The molecule has 2 rings (SSSR count). The van der Waals surface area contributed by atoms with Gasteiger partial charge in [0.25, 0.3) is 0 Å². The molecule has 2 N–H and O–H groups in total. The van der Waals surface area contributed by atoms with E-state index >= 15 is 0 Å². The molecular weight excluding hydrogens is 332 g/mol. The highest BCUT2D eigenvalue weighted by Gasteiger charge is 2.27. The van der Waals surface area contributed by atoms with E-state index in [1.807, 2.05) is 0 Å². The average molecular weight is 348 g/mol. The van der Waals surface area contributed by atoms with E-state index < -0.39 is 0 Å². The summed E-state index contributed by atoms with van der Waals surface area (Å²) >= 11 is 3.65. The fraction of sp³-hybridized carbons (Fsp3) is 0.667. The molecule has 0 unspecified atom stereocenters. The van der Waals surface area contributed by atoms with Crippen molar-refractivity contribution in [2.24, 2.45) is 0 Å². The third kappa shape index (κ3) is 5.23. The second-order valence-electron chi connectivity index (χ2n) is 4.65. The topological polar surface area (TPSA) is 92.3 Å². The zero-order valence-electron chi connectivity index (χ0n) is 11.3. The van der Waals surface area contributed by atoms with Crippen molar-refractivity contribution >= 4 is 57.3 Å². The van der Waals surface area contributed by atoms with Crippen molar-refractivity contribution in [2.45, 2.75) is 24.9 Å². The summed E-state index contributed by atoms with van der Waals surface area (Å²) in [5, 5.41) is 5.33. The van der Waals surface area contributed by atoms with Gasteiger partial charge < -0.3 is 10.6 Å². The largest absolute Gasteiger partial charge is 0.345 e. The summed E-state index contributed by atoms with van der Waals surface area (Å²) in [5.74, 6) is 1.28. The standard InChI is InChI=1S/C12H16N2O4S3/c15-9(13-7-1-3-20-11(7)17)5-19-6-10(16)14-8-2-4-21-12(8)18/h7-8H,1-6H2,(H,13,15)(H,14,16)/t7-,8-/m0/s1. The van der Waals surface area contributed by atoms with Gasteiger partial charge in [0.05, 0.1) is 23.6 Å². The molecule has 0 aromatic carbocycles. The number of carbonyl (C=O) groups excluding carboxylic acids is 4. The Bertz CT molecular complexity index is 418. The van der Waals surface area contributed by atoms with Crippen molar-refractivity contribution in [2.75, 3.05) is 23.0 Å². The van der Waals surface area contributed by atoms with Crippen LogP contribution in [0.3, 0.4) is 0 Å². The smallest absolute Gasteiger partial charge is 0.230 e. The number of carbonyl (C=O) groups is 4. The van der Waals surface area contributed by atoms with Crippen molar-refractivity contribution < 1.29 is 19.2 Å². The van der Waals surface area contributed by atoms with Crippen molar-refractivity contribution in [3.05, 3.63) is 0 Å². The Hall–Kier alpha value is -0.670. The summed E-state index contributed by atoms with van der Waals surface area (Å²) in [5.41, 5.74) is 0. The Balaban J connectivity index is 1.60. The number of thioether (sulfide) groups is 3. The molecule has 2 heterocycles.